The zero-order chi connectivity index (χ0) is 19.4. The maximum absolute atomic E-state index is 12.6. The van der Waals surface area contributed by atoms with Crippen LogP contribution in [0.3, 0.4) is 0 Å². The van der Waals surface area contributed by atoms with Crippen molar-refractivity contribution in [1.29, 1.82) is 0 Å². The Morgan fingerprint density at radius 2 is 2.00 bits per heavy atom. The first-order valence-electron chi connectivity index (χ1n) is 8.71. The normalized spacial score (nSPS) is 13.2. The summed E-state index contributed by atoms with van der Waals surface area (Å²) in [6, 6.07) is 13.5. The predicted molar refractivity (Wildman–Crippen MR) is 108 cm³/mol. The smallest absolute Gasteiger partial charge is 0.279 e. The highest BCUT2D eigenvalue weighted by atomic mass is 32.1. The largest absolute Gasteiger partial charge is 0.497 e. The number of carbonyl (C=O) groups excluding carboxylic acids is 1. The van der Waals surface area contributed by atoms with Crippen LogP contribution in [0.4, 0.5) is 5.69 Å². The number of thiazole rings is 1. The van der Waals surface area contributed by atoms with Crippen LogP contribution >= 0.6 is 11.3 Å². The molecule has 2 N–H and O–H groups in total. The highest BCUT2D eigenvalue weighted by Gasteiger charge is 2.22. The van der Waals surface area contributed by atoms with Gasteiger partial charge in [0, 0.05) is 6.07 Å². The number of benzene rings is 2. The molecule has 1 amide bonds. The molecule has 1 heterocycles. The average molecular weight is 386 g/mol. The number of anilines is 1. The van der Waals surface area contributed by atoms with Crippen molar-refractivity contribution in [2.45, 2.75) is 13.0 Å². The van der Waals surface area contributed by atoms with Gasteiger partial charge in [0.25, 0.3) is 5.91 Å². The molecule has 0 bridgehead atoms. The number of methoxy groups -OCH3 is 2. The summed E-state index contributed by atoms with van der Waals surface area (Å²) in [4.78, 5) is 18.3. The van der Waals surface area contributed by atoms with E-state index in [1.807, 2.05) is 25.2 Å². The number of ether oxygens (including phenoxy) is 2. The molecule has 0 fully saturated rings. The molecule has 142 valence electrons. The molecule has 6 nitrogen and oxygen atoms in total. The topological polar surface area (TPSA) is 64.9 Å². The van der Waals surface area contributed by atoms with Gasteiger partial charge in [0.15, 0.2) is 11.6 Å². The summed E-state index contributed by atoms with van der Waals surface area (Å²) in [6.07, 6.45) is 0. The number of quaternary nitrogens is 1. The van der Waals surface area contributed by atoms with E-state index in [0.717, 1.165) is 20.1 Å². The van der Waals surface area contributed by atoms with Crippen molar-refractivity contribution >= 4 is 33.1 Å². The van der Waals surface area contributed by atoms with E-state index in [0.29, 0.717) is 23.7 Å². The second-order valence-electron chi connectivity index (χ2n) is 6.38. The van der Waals surface area contributed by atoms with Gasteiger partial charge in [0.2, 0.25) is 0 Å². The van der Waals surface area contributed by atoms with Crippen molar-refractivity contribution in [2.75, 3.05) is 33.1 Å². The van der Waals surface area contributed by atoms with Gasteiger partial charge in [-0.05, 0) is 31.2 Å². The number of fused-ring (bicyclic) bond motifs is 1. The first-order valence-corrected chi connectivity index (χ1v) is 9.53. The maximum atomic E-state index is 12.6. The Hall–Kier alpha value is -2.64. The quantitative estimate of drug-likeness (QED) is 0.655. The Morgan fingerprint density at radius 3 is 2.70 bits per heavy atom. The van der Waals surface area contributed by atoms with E-state index in [1.54, 1.807) is 43.8 Å². The fourth-order valence-corrected chi connectivity index (χ4v) is 3.91. The standard InChI is InChI=1S/C20H23N3O3S/c1-13(20-22-15-7-5-6-8-18(15)27-20)23(2)12-19(24)21-16-11-14(25-3)9-10-17(16)26-4/h5-11,13H,12H2,1-4H3,(H,21,24)/p+1/t13-/m1/s1. The first-order chi connectivity index (χ1) is 13.0. The van der Waals surface area contributed by atoms with Crippen LogP contribution < -0.4 is 19.7 Å². The Balaban J connectivity index is 1.68. The lowest BCUT2D eigenvalue weighted by Crippen LogP contribution is -3.10. The van der Waals surface area contributed by atoms with Gasteiger partial charge in [-0.15, -0.1) is 11.3 Å². The molecule has 2 atom stereocenters. The summed E-state index contributed by atoms with van der Waals surface area (Å²) in [6.45, 7) is 2.41. The van der Waals surface area contributed by atoms with Crippen molar-refractivity contribution in [2.24, 2.45) is 0 Å². The molecular formula is C20H24N3O3S+. The summed E-state index contributed by atoms with van der Waals surface area (Å²) < 4.78 is 11.7. The van der Waals surface area contributed by atoms with Crippen LogP contribution in [0.5, 0.6) is 11.5 Å². The molecule has 0 radical (unpaired) electrons. The zero-order valence-electron chi connectivity index (χ0n) is 15.9. The second kappa shape index (κ2) is 8.37. The number of nitrogens with one attached hydrogen (secondary N) is 2. The molecule has 1 unspecified atom stereocenters. The minimum absolute atomic E-state index is 0.0907. The van der Waals surface area contributed by atoms with Gasteiger partial charge in [0.05, 0.1) is 37.2 Å². The molecule has 27 heavy (non-hydrogen) atoms. The van der Waals surface area contributed by atoms with Crippen LogP contribution in [-0.4, -0.2) is 38.7 Å². The van der Waals surface area contributed by atoms with Crippen LogP contribution in [0.1, 0.15) is 18.0 Å². The molecule has 1 aromatic heterocycles. The third-order valence-corrected chi connectivity index (χ3v) is 5.76. The lowest BCUT2D eigenvalue weighted by molar-refractivity contribution is -0.902. The van der Waals surface area contributed by atoms with Gasteiger partial charge < -0.3 is 19.7 Å². The first kappa shape index (κ1) is 19.1. The third kappa shape index (κ3) is 4.37. The van der Waals surface area contributed by atoms with E-state index in [-0.39, 0.29) is 11.9 Å². The van der Waals surface area contributed by atoms with Crippen LogP contribution in [-0.2, 0) is 4.79 Å². The number of hydrogen-bond donors (Lipinski definition) is 2. The van der Waals surface area contributed by atoms with Gasteiger partial charge in [-0.25, -0.2) is 4.98 Å². The van der Waals surface area contributed by atoms with E-state index in [4.69, 9.17) is 14.5 Å². The Bertz CT molecular complexity index is 908. The molecule has 0 spiro atoms. The summed E-state index contributed by atoms with van der Waals surface area (Å²) >= 11 is 1.68. The van der Waals surface area contributed by atoms with Gasteiger partial charge in [0.1, 0.15) is 17.5 Å². The molecule has 0 saturated heterocycles. The number of likely N-dealkylation sites (N-methyl/N-ethyl adjacent to an activating group) is 1. The van der Waals surface area contributed by atoms with Crippen LogP contribution in [0.2, 0.25) is 0 Å². The third-order valence-electron chi connectivity index (χ3n) is 4.54. The summed E-state index contributed by atoms with van der Waals surface area (Å²) in [7, 11) is 5.16. The van der Waals surface area contributed by atoms with Crippen molar-refractivity contribution in [3.05, 3.63) is 47.5 Å². The maximum Gasteiger partial charge on any atom is 0.279 e. The number of para-hydroxylation sites is 1. The fraction of sp³-hybridized carbons (Fsp3) is 0.300. The van der Waals surface area contributed by atoms with Gasteiger partial charge in [-0.2, -0.15) is 0 Å². The van der Waals surface area contributed by atoms with Crippen molar-refractivity contribution in [1.82, 2.24) is 4.98 Å². The molecule has 7 heteroatoms. The molecular weight excluding hydrogens is 362 g/mol. The lowest BCUT2D eigenvalue weighted by Gasteiger charge is -2.20. The summed E-state index contributed by atoms with van der Waals surface area (Å²) in [5.41, 5.74) is 1.60. The van der Waals surface area contributed by atoms with Gasteiger partial charge in [-0.1, -0.05) is 12.1 Å². The van der Waals surface area contributed by atoms with Crippen molar-refractivity contribution in [3.8, 4) is 11.5 Å². The van der Waals surface area contributed by atoms with E-state index in [9.17, 15) is 4.79 Å². The highest BCUT2D eigenvalue weighted by molar-refractivity contribution is 7.18. The minimum atomic E-state index is -0.0907. The van der Waals surface area contributed by atoms with Gasteiger partial charge in [-0.3, -0.25) is 4.79 Å². The fourth-order valence-electron chi connectivity index (χ4n) is 2.80. The van der Waals surface area contributed by atoms with Crippen LogP contribution in [0.15, 0.2) is 42.5 Å². The molecule has 3 aromatic rings. The Labute approximate surface area is 162 Å². The molecule has 3 rings (SSSR count). The number of hydrogen-bond acceptors (Lipinski definition) is 5. The molecule has 0 aliphatic carbocycles. The van der Waals surface area contributed by atoms with Crippen LogP contribution in [0.25, 0.3) is 10.2 Å². The summed E-state index contributed by atoms with van der Waals surface area (Å²) in [5, 5.41) is 3.95. The number of amides is 1. The molecule has 0 saturated carbocycles. The zero-order valence-corrected chi connectivity index (χ0v) is 16.7. The van der Waals surface area contributed by atoms with Crippen molar-refractivity contribution < 1.29 is 19.2 Å². The Kier molecular flexibility index (Phi) is 5.93. The van der Waals surface area contributed by atoms with Crippen molar-refractivity contribution in [3.63, 3.8) is 0 Å². The average Bonchev–Trinajstić information content (AvgIpc) is 3.11. The number of rotatable bonds is 7. The Morgan fingerprint density at radius 1 is 1.22 bits per heavy atom. The predicted octanol–water partition coefficient (Wildman–Crippen LogP) is 2.53. The van der Waals surface area contributed by atoms with E-state index >= 15 is 0 Å². The van der Waals surface area contributed by atoms with E-state index in [2.05, 4.69) is 18.3 Å². The summed E-state index contributed by atoms with van der Waals surface area (Å²) in [5.74, 6) is 1.17. The molecule has 2 aromatic carbocycles. The van der Waals surface area contributed by atoms with Crippen LogP contribution in [0, 0.1) is 0 Å². The highest BCUT2D eigenvalue weighted by Crippen LogP contribution is 2.29. The number of nitrogens with zero attached hydrogens (tertiary/aromatic N) is 1. The number of carbonyl (C=O) groups is 1. The number of aromatic nitrogens is 1. The monoisotopic (exact) mass is 386 g/mol. The lowest BCUT2D eigenvalue weighted by atomic mass is 10.2. The minimum Gasteiger partial charge on any atom is -0.497 e. The molecule has 0 aliphatic rings. The van der Waals surface area contributed by atoms with E-state index < -0.39 is 0 Å². The van der Waals surface area contributed by atoms with Gasteiger partial charge >= 0.3 is 0 Å². The SMILES string of the molecule is COc1ccc(OC)c(NC(=O)C[NH+](C)[C@H](C)c2nc3ccccc3s2)c1. The molecule has 0 aliphatic heterocycles. The second-order valence-corrected chi connectivity index (χ2v) is 7.44. The van der Waals surface area contributed by atoms with E-state index in [1.165, 1.54) is 0 Å².